The van der Waals surface area contributed by atoms with E-state index in [2.05, 4.69) is 27.9 Å². The summed E-state index contributed by atoms with van der Waals surface area (Å²) >= 11 is 3.09. The van der Waals surface area contributed by atoms with Crippen LogP contribution in [0.3, 0.4) is 0 Å². The molecule has 0 bridgehead atoms. The first-order valence-electron chi connectivity index (χ1n) is 9.58. The average Bonchev–Trinajstić information content (AvgIpc) is 3.43. The molecular formula is C21H20N4OS2. The lowest BCUT2D eigenvalue weighted by Gasteiger charge is -2.06. The van der Waals surface area contributed by atoms with Crippen LogP contribution in [-0.2, 0) is 19.4 Å². The molecule has 0 spiro atoms. The second kappa shape index (κ2) is 7.14. The summed E-state index contributed by atoms with van der Waals surface area (Å²) in [5.41, 5.74) is 3.26. The third-order valence-electron chi connectivity index (χ3n) is 5.09. The minimum absolute atomic E-state index is 0.0958. The Morgan fingerprint density at radius 2 is 1.96 bits per heavy atom. The fourth-order valence-corrected chi connectivity index (χ4v) is 5.67. The first-order chi connectivity index (χ1) is 13.7. The highest BCUT2D eigenvalue weighted by molar-refractivity contribution is 7.18. The second-order valence-electron chi connectivity index (χ2n) is 6.88. The predicted octanol–water partition coefficient (Wildman–Crippen LogP) is 5.37. The Kier molecular flexibility index (Phi) is 4.49. The molecule has 1 N–H and O–H groups in total. The van der Waals surface area contributed by atoms with E-state index in [1.807, 2.05) is 30.3 Å². The van der Waals surface area contributed by atoms with Gasteiger partial charge in [0, 0.05) is 11.4 Å². The molecule has 0 saturated heterocycles. The number of fused-ring (bicyclic) bond motifs is 2. The van der Waals surface area contributed by atoms with E-state index < -0.39 is 0 Å². The molecule has 28 heavy (non-hydrogen) atoms. The van der Waals surface area contributed by atoms with Crippen molar-refractivity contribution < 1.29 is 4.79 Å². The lowest BCUT2D eigenvalue weighted by atomic mass is 10.0. The molecule has 0 atom stereocenters. The van der Waals surface area contributed by atoms with Crippen LogP contribution >= 0.6 is 22.7 Å². The van der Waals surface area contributed by atoms with E-state index in [4.69, 9.17) is 4.98 Å². The number of aryl methyl sites for hydroxylation is 3. The van der Waals surface area contributed by atoms with E-state index >= 15 is 0 Å². The maximum Gasteiger partial charge on any atom is 0.267 e. The van der Waals surface area contributed by atoms with Crippen molar-refractivity contribution >= 4 is 44.7 Å². The highest BCUT2D eigenvalue weighted by Gasteiger charge is 2.19. The zero-order valence-electron chi connectivity index (χ0n) is 15.6. The third kappa shape index (κ3) is 3.04. The molecule has 1 aliphatic rings. The molecule has 5 nitrogen and oxygen atoms in total. The Morgan fingerprint density at radius 1 is 1.11 bits per heavy atom. The molecule has 4 aromatic rings. The molecule has 1 aliphatic carbocycles. The SMILES string of the molecule is CCn1c(-c2ccc(C(=O)Nc3nc4c(s3)CCCC4)s2)nc2ccccc21. The van der Waals surface area contributed by atoms with Crippen LogP contribution in [-0.4, -0.2) is 20.4 Å². The zero-order chi connectivity index (χ0) is 19.1. The van der Waals surface area contributed by atoms with Crippen LogP contribution in [0.4, 0.5) is 5.13 Å². The van der Waals surface area contributed by atoms with Gasteiger partial charge in [-0.25, -0.2) is 9.97 Å². The summed E-state index contributed by atoms with van der Waals surface area (Å²) in [5.74, 6) is 0.818. The second-order valence-corrected chi connectivity index (χ2v) is 9.05. The van der Waals surface area contributed by atoms with Gasteiger partial charge < -0.3 is 4.57 Å². The summed E-state index contributed by atoms with van der Waals surface area (Å²) in [4.78, 5) is 25.1. The van der Waals surface area contributed by atoms with Gasteiger partial charge in [0.1, 0.15) is 0 Å². The minimum Gasteiger partial charge on any atom is -0.324 e. The number of aromatic nitrogens is 3. The number of para-hydroxylation sites is 2. The standard InChI is InChI=1S/C21H20N4OS2/c1-2-25-15-9-5-3-7-13(15)22-19(25)17-11-12-18(27-17)20(26)24-21-23-14-8-4-6-10-16(14)28-21/h3,5,7,9,11-12H,2,4,6,8,10H2,1H3,(H,23,24,26). The number of carbonyl (C=O) groups excluding carboxylic acids is 1. The molecule has 0 radical (unpaired) electrons. The van der Waals surface area contributed by atoms with Crippen molar-refractivity contribution in [1.29, 1.82) is 0 Å². The lowest BCUT2D eigenvalue weighted by molar-refractivity contribution is 0.103. The van der Waals surface area contributed by atoms with Crippen molar-refractivity contribution in [2.75, 3.05) is 5.32 Å². The van der Waals surface area contributed by atoms with Gasteiger partial charge in [-0.05, 0) is 56.9 Å². The first kappa shape index (κ1) is 17.6. The number of anilines is 1. The molecule has 142 valence electrons. The molecule has 3 heterocycles. The number of benzene rings is 1. The fraction of sp³-hybridized carbons (Fsp3) is 0.286. The van der Waals surface area contributed by atoms with Crippen LogP contribution in [0.25, 0.3) is 21.7 Å². The Morgan fingerprint density at radius 3 is 2.82 bits per heavy atom. The number of amides is 1. The summed E-state index contributed by atoms with van der Waals surface area (Å²) in [6.45, 7) is 2.95. The van der Waals surface area contributed by atoms with Gasteiger partial charge in [0.2, 0.25) is 0 Å². The molecule has 5 rings (SSSR count). The largest absolute Gasteiger partial charge is 0.324 e. The fourth-order valence-electron chi connectivity index (χ4n) is 3.73. The van der Waals surface area contributed by atoms with E-state index in [0.29, 0.717) is 10.0 Å². The van der Waals surface area contributed by atoms with Gasteiger partial charge >= 0.3 is 0 Å². The van der Waals surface area contributed by atoms with Gasteiger partial charge in [0.25, 0.3) is 5.91 Å². The van der Waals surface area contributed by atoms with Crippen molar-refractivity contribution in [2.45, 2.75) is 39.2 Å². The van der Waals surface area contributed by atoms with Crippen molar-refractivity contribution in [1.82, 2.24) is 14.5 Å². The van der Waals surface area contributed by atoms with Gasteiger partial charge in [-0.3, -0.25) is 10.1 Å². The molecule has 1 amide bonds. The Bertz CT molecular complexity index is 1150. The molecule has 0 unspecified atom stereocenters. The third-order valence-corrected chi connectivity index (χ3v) is 7.24. The maximum absolute atomic E-state index is 12.7. The average molecular weight is 409 g/mol. The number of thiazole rings is 1. The first-order valence-corrected chi connectivity index (χ1v) is 11.2. The maximum atomic E-state index is 12.7. The minimum atomic E-state index is -0.0958. The van der Waals surface area contributed by atoms with E-state index in [1.165, 1.54) is 29.1 Å². The van der Waals surface area contributed by atoms with Crippen LogP contribution in [0.2, 0.25) is 0 Å². The molecule has 7 heteroatoms. The van der Waals surface area contributed by atoms with E-state index in [-0.39, 0.29) is 5.91 Å². The Balaban J connectivity index is 1.41. The summed E-state index contributed by atoms with van der Waals surface area (Å²) < 4.78 is 2.19. The van der Waals surface area contributed by atoms with Crippen LogP contribution in [0.1, 0.15) is 40.0 Å². The van der Waals surface area contributed by atoms with Crippen LogP contribution in [0.15, 0.2) is 36.4 Å². The number of imidazole rings is 1. The highest BCUT2D eigenvalue weighted by Crippen LogP contribution is 2.32. The number of carbonyl (C=O) groups is 1. The predicted molar refractivity (Wildman–Crippen MR) is 115 cm³/mol. The summed E-state index contributed by atoms with van der Waals surface area (Å²) in [5, 5.41) is 3.70. The molecule has 0 fully saturated rings. The molecular weight excluding hydrogens is 388 g/mol. The summed E-state index contributed by atoms with van der Waals surface area (Å²) in [6.07, 6.45) is 4.52. The van der Waals surface area contributed by atoms with Crippen molar-refractivity contribution in [2.24, 2.45) is 0 Å². The number of nitrogens with one attached hydrogen (secondary N) is 1. The van der Waals surface area contributed by atoms with Gasteiger partial charge in [-0.1, -0.05) is 12.1 Å². The quantitative estimate of drug-likeness (QED) is 0.494. The number of thiophene rings is 1. The summed E-state index contributed by atoms with van der Waals surface area (Å²) in [7, 11) is 0. The van der Waals surface area contributed by atoms with Crippen LogP contribution in [0, 0.1) is 0 Å². The number of rotatable bonds is 4. The molecule has 1 aromatic carbocycles. The van der Waals surface area contributed by atoms with Crippen molar-refractivity contribution in [3.05, 3.63) is 51.8 Å². The van der Waals surface area contributed by atoms with E-state index in [0.717, 1.165) is 46.8 Å². The van der Waals surface area contributed by atoms with E-state index in [1.54, 1.807) is 11.3 Å². The van der Waals surface area contributed by atoms with Crippen LogP contribution < -0.4 is 5.32 Å². The Hall–Kier alpha value is -2.51. The molecule has 0 saturated carbocycles. The Labute approximate surface area is 171 Å². The monoisotopic (exact) mass is 408 g/mol. The molecule has 0 aliphatic heterocycles. The van der Waals surface area contributed by atoms with Gasteiger partial charge in [0.15, 0.2) is 11.0 Å². The smallest absolute Gasteiger partial charge is 0.267 e. The zero-order valence-corrected chi connectivity index (χ0v) is 17.2. The lowest BCUT2D eigenvalue weighted by Crippen LogP contribution is -2.09. The molecule has 3 aromatic heterocycles. The van der Waals surface area contributed by atoms with Gasteiger partial charge in [0.05, 0.1) is 26.5 Å². The topological polar surface area (TPSA) is 59.8 Å². The van der Waals surface area contributed by atoms with Crippen molar-refractivity contribution in [3.63, 3.8) is 0 Å². The van der Waals surface area contributed by atoms with E-state index in [9.17, 15) is 4.79 Å². The summed E-state index contributed by atoms with van der Waals surface area (Å²) in [6, 6.07) is 12.0. The van der Waals surface area contributed by atoms with Crippen LogP contribution in [0.5, 0.6) is 0 Å². The number of hydrogen-bond acceptors (Lipinski definition) is 5. The van der Waals surface area contributed by atoms with Gasteiger partial charge in [-0.15, -0.1) is 22.7 Å². The number of hydrogen-bond donors (Lipinski definition) is 1. The van der Waals surface area contributed by atoms with Gasteiger partial charge in [-0.2, -0.15) is 0 Å². The number of nitrogens with zero attached hydrogens (tertiary/aromatic N) is 3. The normalized spacial score (nSPS) is 13.6. The highest BCUT2D eigenvalue weighted by atomic mass is 32.1. The van der Waals surface area contributed by atoms with Crippen molar-refractivity contribution in [3.8, 4) is 10.7 Å².